The molecular weight excluding hydrogens is 263 g/mol. The van der Waals surface area contributed by atoms with E-state index in [0.717, 1.165) is 7.05 Å². The molecule has 0 fully saturated rings. The zero-order valence-corrected chi connectivity index (χ0v) is 10.1. The van der Waals surface area contributed by atoms with E-state index >= 15 is 0 Å². The van der Waals surface area contributed by atoms with Crippen molar-refractivity contribution in [1.29, 1.82) is 0 Å². The SMILES string of the molecule is COc1ccc(-n2c(C(F)(F)F)nn(C)c2=O)cc1. The Kier molecular flexibility index (Phi) is 3.09. The zero-order chi connectivity index (χ0) is 14.2. The molecule has 5 nitrogen and oxygen atoms in total. The van der Waals surface area contributed by atoms with Crippen LogP contribution in [0.5, 0.6) is 5.75 Å². The highest BCUT2D eigenvalue weighted by molar-refractivity contribution is 5.38. The third-order valence-corrected chi connectivity index (χ3v) is 2.51. The Hall–Kier alpha value is -2.25. The van der Waals surface area contributed by atoms with Crippen LogP contribution >= 0.6 is 0 Å². The first-order valence-electron chi connectivity index (χ1n) is 5.22. The molecule has 102 valence electrons. The van der Waals surface area contributed by atoms with Gasteiger partial charge in [-0.15, -0.1) is 5.10 Å². The number of ether oxygens (including phenoxy) is 1. The monoisotopic (exact) mass is 273 g/mol. The Bertz CT molecular complexity index is 641. The van der Waals surface area contributed by atoms with Gasteiger partial charge in [-0.05, 0) is 24.3 Å². The van der Waals surface area contributed by atoms with Crippen LogP contribution in [0.4, 0.5) is 13.2 Å². The van der Waals surface area contributed by atoms with E-state index in [-0.39, 0.29) is 5.69 Å². The molecule has 0 aliphatic rings. The van der Waals surface area contributed by atoms with Crippen LogP contribution in [0.3, 0.4) is 0 Å². The minimum atomic E-state index is -4.71. The average Bonchev–Trinajstić information content (AvgIpc) is 2.66. The highest BCUT2D eigenvalue weighted by Gasteiger charge is 2.39. The van der Waals surface area contributed by atoms with E-state index in [1.807, 2.05) is 0 Å². The van der Waals surface area contributed by atoms with Crippen LogP contribution in [0.15, 0.2) is 29.1 Å². The van der Waals surface area contributed by atoms with Crippen molar-refractivity contribution in [2.45, 2.75) is 6.18 Å². The Morgan fingerprint density at radius 1 is 1.21 bits per heavy atom. The van der Waals surface area contributed by atoms with Gasteiger partial charge in [0.25, 0.3) is 0 Å². The van der Waals surface area contributed by atoms with Crippen molar-refractivity contribution in [3.8, 4) is 11.4 Å². The summed E-state index contributed by atoms with van der Waals surface area (Å²) in [6.45, 7) is 0. The maximum Gasteiger partial charge on any atom is 0.452 e. The van der Waals surface area contributed by atoms with Gasteiger partial charge in [0.05, 0.1) is 12.8 Å². The molecule has 0 aliphatic heterocycles. The first kappa shape index (κ1) is 13.2. The van der Waals surface area contributed by atoms with Crippen LogP contribution in [0.2, 0.25) is 0 Å². The number of rotatable bonds is 2. The lowest BCUT2D eigenvalue weighted by atomic mass is 10.3. The second-order valence-electron chi connectivity index (χ2n) is 3.76. The average molecular weight is 273 g/mol. The van der Waals surface area contributed by atoms with Crippen molar-refractivity contribution in [3.05, 3.63) is 40.6 Å². The molecule has 0 aliphatic carbocycles. The van der Waals surface area contributed by atoms with Crippen LogP contribution in [-0.4, -0.2) is 21.5 Å². The van der Waals surface area contributed by atoms with Crippen LogP contribution in [0, 0.1) is 0 Å². The van der Waals surface area contributed by atoms with Gasteiger partial charge in [-0.2, -0.15) is 13.2 Å². The van der Waals surface area contributed by atoms with E-state index in [2.05, 4.69) is 5.10 Å². The summed E-state index contributed by atoms with van der Waals surface area (Å²) in [5.41, 5.74) is -0.788. The Balaban J connectivity index is 2.63. The van der Waals surface area contributed by atoms with Crippen molar-refractivity contribution >= 4 is 0 Å². The summed E-state index contributed by atoms with van der Waals surface area (Å²) in [6, 6.07) is 5.65. The second-order valence-corrected chi connectivity index (χ2v) is 3.76. The first-order valence-corrected chi connectivity index (χ1v) is 5.22. The lowest BCUT2D eigenvalue weighted by molar-refractivity contribution is -0.146. The fourth-order valence-corrected chi connectivity index (χ4v) is 1.61. The van der Waals surface area contributed by atoms with Crippen LogP contribution < -0.4 is 10.4 Å². The van der Waals surface area contributed by atoms with Crippen LogP contribution in [-0.2, 0) is 13.2 Å². The van der Waals surface area contributed by atoms with Gasteiger partial charge in [0.2, 0.25) is 5.82 Å². The van der Waals surface area contributed by atoms with Crippen molar-refractivity contribution in [3.63, 3.8) is 0 Å². The molecule has 0 spiro atoms. The molecule has 8 heteroatoms. The Morgan fingerprint density at radius 3 is 2.26 bits per heavy atom. The van der Waals surface area contributed by atoms with Crippen molar-refractivity contribution in [2.75, 3.05) is 7.11 Å². The molecule has 0 atom stereocenters. The molecule has 19 heavy (non-hydrogen) atoms. The summed E-state index contributed by atoms with van der Waals surface area (Å²) in [5, 5.41) is 3.21. The maximum atomic E-state index is 12.8. The molecule has 2 rings (SSSR count). The summed E-state index contributed by atoms with van der Waals surface area (Å²) in [4.78, 5) is 11.7. The quantitative estimate of drug-likeness (QED) is 0.835. The number of aromatic nitrogens is 3. The zero-order valence-electron chi connectivity index (χ0n) is 10.1. The van der Waals surface area contributed by atoms with E-state index in [9.17, 15) is 18.0 Å². The van der Waals surface area contributed by atoms with Gasteiger partial charge in [0.1, 0.15) is 5.75 Å². The van der Waals surface area contributed by atoms with Gasteiger partial charge in [0.15, 0.2) is 0 Å². The molecule has 0 radical (unpaired) electrons. The van der Waals surface area contributed by atoms with Gasteiger partial charge in [-0.1, -0.05) is 0 Å². The van der Waals surface area contributed by atoms with E-state index < -0.39 is 17.7 Å². The highest BCUT2D eigenvalue weighted by Crippen LogP contribution is 2.28. The van der Waals surface area contributed by atoms with Gasteiger partial charge in [-0.3, -0.25) is 0 Å². The number of hydrogen-bond donors (Lipinski definition) is 0. The molecule has 2 aromatic rings. The number of alkyl halides is 3. The molecule has 1 heterocycles. The maximum absolute atomic E-state index is 12.8. The lowest BCUT2D eigenvalue weighted by Gasteiger charge is -2.08. The fraction of sp³-hybridized carbons (Fsp3) is 0.273. The minimum Gasteiger partial charge on any atom is -0.497 e. The van der Waals surface area contributed by atoms with Gasteiger partial charge < -0.3 is 4.74 Å². The van der Waals surface area contributed by atoms with Crippen LogP contribution in [0.1, 0.15) is 5.82 Å². The predicted molar refractivity (Wildman–Crippen MR) is 60.4 cm³/mol. The molecule has 1 aromatic heterocycles. The van der Waals surface area contributed by atoms with E-state index in [1.54, 1.807) is 0 Å². The first-order chi connectivity index (χ1) is 8.84. The van der Waals surface area contributed by atoms with E-state index in [1.165, 1.54) is 31.4 Å². The number of hydrogen-bond acceptors (Lipinski definition) is 3. The van der Waals surface area contributed by atoms with Crippen molar-refractivity contribution in [2.24, 2.45) is 7.05 Å². The smallest absolute Gasteiger partial charge is 0.452 e. The van der Waals surface area contributed by atoms with Gasteiger partial charge in [-0.25, -0.2) is 14.0 Å². The largest absolute Gasteiger partial charge is 0.497 e. The summed E-state index contributed by atoms with van der Waals surface area (Å²) in [7, 11) is 2.60. The van der Waals surface area contributed by atoms with E-state index in [4.69, 9.17) is 4.74 Å². The predicted octanol–water partition coefficient (Wildman–Crippen LogP) is 1.60. The topological polar surface area (TPSA) is 49.0 Å². The number of halogens is 3. The van der Waals surface area contributed by atoms with E-state index in [0.29, 0.717) is 15.0 Å². The molecular formula is C11H10F3N3O2. The standard InChI is InChI=1S/C11H10F3N3O2/c1-16-10(18)17(9(15-16)11(12,13)14)7-3-5-8(19-2)6-4-7/h3-6H,1-2H3. The molecule has 1 aromatic carbocycles. The number of benzene rings is 1. The number of nitrogens with zero attached hydrogens (tertiary/aromatic N) is 3. The minimum absolute atomic E-state index is 0.0752. The number of aryl methyl sites for hydroxylation is 1. The van der Waals surface area contributed by atoms with Gasteiger partial charge in [0, 0.05) is 7.05 Å². The lowest BCUT2D eigenvalue weighted by Crippen LogP contribution is -2.24. The highest BCUT2D eigenvalue weighted by atomic mass is 19.4. The summed E-state index contributed by atoms with van der Waals surface area (Å²) in [6.07, 6.45) is -4.71. The van der Waals surface area contributed by atoms with Crippen molar-refractivity contribution < 1.29 is 17.9 Å². The molecule has 0 unspecified atom stereocenters. The molecule has 0 bridgehead atoms. The number of methoxy groups -OCH3 is 1. The molecule has 0 amide bonds. The molecule has 0 saturated heterocycles. The van der Waals surface area contributed by atoms with Crippen LogP contribution in [0.25, 0.3) is 5.69 Å². The van der Waals surface area contributed by atoms with Gasteiger partial charge >= 0.3 is 11.9 Å². The Labute approximate surface area is 105 Å². The molecule has 0 saturated carbocycles. The normalized spacial score (nSPS) is 11.6. The summed E-state index contributed by atoms with van der Waals surface area (Å²) in [5.74, 6) is -0.778. The summed E-state index contributed by atoms with van der Waals surface area (Å²) >= 11 is 0. The van der Waals surface area contributed by atoms with Crippen molar-refractivity contribution in [1.82, 2.24) is 14.3 Å². The second kappa shape index (κ2) is 4.45. The third-order valence-electron chi connectivity index (χ3n) is 2.51. The molecule has 0 N–H and O–H groups in total. The third kappa shape index (κ3) is 2.33. The Morgan fingerprint density at radius 2 is 1.79 bits per heavy atom. The summed E-state index contributed by atoms with van der Waals surface area (Å²) < 4.78 is 44.5. The fourth-order valence-electron chi connectivity index (χ4n) is 1.61.